The van der Waals surface area contributed by atoms with Gasteiger partial charge in [-0.3, -0.25) is 14.5 Å². The third-order valence-electron chi connectivity index (χ3n) is 4.70. The Bertz CT molecular complexity index is 1280. The van der Waals surface area contributed by atoms with Crippen molar-refractivity contribution in [3.63, 3.8) is 0 Å². The second-order valence-electron chi connectivity index (χ2n) is 7.08. The van der Waals surface area contributed by atoms with Gasteiger partial charge in [-0.05, 0) is 48.9 Å². The highest BCUT2D eigenvalue weighted by Crippen LogP contribution is 2.28. The molecule has 1 aromatic heterocycles. The smallest absolute Gasteiger partial charge is 0.263 e. The average Bonchev–Trinajstić information content (AvgIpc) is 3.32. The van der Waals surface area contributed by atoms with E-state index in [0.29, 0.717) is 27.9 Å². The number of carbonyl (C=O) groups is 1. The molecule has 2 N–H and O–H groups in total. The highest BCUT2D eigenvalue weighted by atomic mass is 35.5. The summed E-state index contributed by atoms with van der Waals surface area (Å²) in [5.41, 5.74) is 0.398. The number of rotatable bonds is 6. The van der Waals surface area contributed by atoms with Gasteiger partial charge in [0.15, 0.2) is 5.13 Å². The first-order chi connectivity index (χ1) is 14.7. The van der Waals surface area contributed by atoms with Gasteiger partial charge in [-0.1, -0.05) is 29.3 Å². The molecule has 3 aromatic rings. The van der Waals surface area contributed by atoms with Crippen molar-refractivity contribution in [2.24, 2.45) is 4.99 Å². The van der Waals surface area contributed by atoms with Crippen molar-refractivity contribution in [2.45, 2.75) is 23.8 Å². The molecule has 2 heterocycles. The van der Waals surface area contributed by atoms with Crippen LogP contribution in [0.4, 0.5) is 5.13 Å². The number of aromatic nitrogens is 1. The molecule has 0 saturated carbocycles. The molecule has 4 rings (SSSR count). The Balaban J connectivity index is 1.55. The van der Waals surface area contributed by atoms with E-state index in [4.69, 9.17) is 23.2 Å². The monoisotopic (exact) mass is 494 g/mol. The van der Waals surface area contributed by atoms with Gasteiger partial charge in [0.2, 0.25) is 0 Å². The third kappa shape index (κ3) is 4.59. The topological polar surface area (TPSA) is 101 Å². The normalized spacial score (nSPS) is 18.5. The van der Waals surface area contributed by atoms with Crippen molar-refractivity contribution in [3.05, 3.63) is 75.2 Å². The predicted octanol–water partition coefficient (Wildman–Crippen LogP) is 4.13. The number of hydrogen-bond acceptors (Lipinski definition) is 6. The quantitative estimate of drug-likeness (QED) is 0.537. The van der Waals surface area contributed by atoms with Gasteiger partial charge in [-0.15, -0.1) is 11.3 Å². The summed E-state index contributed by atoms with van der Waals surface area (Å²) in [6.07, 6.45) is 1.85. The van der Waals surface area contributed by atoms with Crippen molar-refractivity contribution in [1.82, 2.24) is 10.3 Å². The number of thiazole rings is 1. The number of halogens is 2. The number of amidine groups is 1. The first kappa shape index (κ1) is 21.8. The summed E-state index contributed by atoms with van der Waals surface area (Å²) in [6, 6.07) is 11.3. The molecule has 7 nitrogen and oxygen atoms in total. The van der Waals surface area contributed by atoms with Crippen molar-refractivity contribution < 1.29 is 13.2 Å². The summed E-state index contributed by atoms with van der Waals surface area (Å²) in [5.74, 6) is 0.125. The van der Waals surface area contributed by atoms with Crippen LogP contribution >= 0.6 is 34.5 Å². The van der Waals surface area contributed by atoms with E-state index in [1.807, 2.05) is 0 Å². The fraction of sp³-hybridized carbons (Fsp3) is 0.150. The maximum absolute atomic E-state index is 12.6. The zero-order valence-electron chi connectivity index (χ0n) is 16.1. The van der Waals surface area contributed by atoms with Gasteiger partial charge in [-0.2, -0.15) is 0 Å². The van der Waals surface area contributed by atoms with Gasteiger partial charge in [0, 0.05) is 23.6 Å². The van der Waals surface area contributed by atoms with Crippen molar-refractivity contribution >= 4 is 61.4 Å². The van der Waals surface area contributed by atoms with Gasteiger partial charge in [0.1, 0.15) is 11.4 Å². The molecule has 0 bridgehead atoms. The van der Waals surface area contributed by atoms with Crippen LogP contribution in [0.1, 0.15) is 18.1 Å². The van der Waals surface area contributed by atoms with E-state index < -0.39 is 15.6 Å². The number of benzene rings is 2. The number of hydrogen-bond donors (Lipinski definition) is 2. The van der Waals surface area contributed by atoms with E-state index in [2.05, 4.69) is 20.0 Å². The number of amides is 1. The maximum atomic E-state index is 12.6. The molecule has 0 radical (unpaired) electrons. The summed E-state index contributed by atoms with van der Waals surface area (Å²) >= 11 is 13.2. The number of anilines is 1. The van der Waals surface area contributed by atoms with E-state index >= 15 is 0 Å². The molecular weight excluding hydrogens is 479 g/mol. The van der Waals surface area contributed by atoms with Crippen molar-refractivity contribution in [1.29, 1.82) is 0 Å². The molecule has 1 unspecified atom stereocenters. The lowest BCUT2D eigenvalue weighted by Crippen LogP contribution is -2.39. The molecule has 0 aliphatic carbocycles. The van der Waals surface area contributed by atoms with Crippen molar-refractivity contribution in [2.75, 3.05) is 4.72 Å². The third-order valence-corrected chi connectivity index (χ3v) is 7.62. The molecular formula is C20H16Cl2N4O3S2. The molecule has 11 heteroatoms. The highest BCUT2D eigenvalue weighted by molar-refractivity contribution is 7.93. The minimum Gasteiger partial charge on any atom is -0.308 e. The average molecular weight is 495 g/mol. The van der Waals surface area contributed by atoms with Gasteiger partial charge in [0.05, 0.1) is 14.9 Å². The minimum absolute atomic E-state index is 0.0786. The first-order valence-corrected chi connectivity index (χ1v) is 12.2. The predicted molar refractivity (Wildman–Crippen MR) is 123 cm³/mol. The van der Waals surface area contributed by atoms with Crippen LogP contribution in [0.15, 0.2) is 63.9 Å². The van der Waals surface area contributed by atoms with E-state index in [-0.39, 0.29) is 15.9 Å². The largest absolute Gasteiger partial charge is 0.308 e. The molecule has 1 aliphatic heterocycles. The SMILES string of the molecule is CC1(Cc2ccc(Cl)c(Cl)c2)N=C(c2ccc(S(=O)(=O)Nc3nccs3)cc2)NC1=O. The van der Waals surface area contributed by atoms with Gasteiger partial charge < -0.3 is 5.32 Å². The molecule has 1 aliphatic rings. The summed E-state index contributed by atoms with van der Waals surface area (Å²) in [4.78, 5) is 21.2. The number of aliphatic imine (C=N–C) groups is 1. The summed E-state index contributed by atoms with van der Waals surface area (Å²) in [5, 5.41) is 5.59. The van der Waals surface area contributed by atoms with Gasteiger partial charge in [-0.25, -0.2) is 13.4 Å². The van der Waals surface area contributed by atoms with E-state index in [0.717, 1.165) is 5.56 Å². The van der Waals surface area contributed by atoms with Crippen LogP contribution in [-0.2, 0) is 21.2 Å². The Morgan fingerprint density at radius 3 is 2.52 bits per heavy atom. The molecule has 160 valence electrons. The van der Waals surface area contributed by atoms with E-state index in [9.17, 15) is 13.2 Å². The fourth-order valence-corrected chi connectivity index (χ4v) is 5.22. The van der Waals surface area contributed by atoms with Crippen LogP contribution in [-0.4, -0.2) is 30.7 Å². The zero-order valence-corrected chi connectivity index (χ0v) is 19.2. The number of carbonyl (C=O) groups excluding carboxylic acids is 1. The van der Waals surface area contributed by atoms with E-state index in [1.165, 1.54) is 29.7 Å². The Labute approximate surface area is 193 Å². The van der Waals surface area contributed by atoms with Crippen LogP contribution in [0.3, 0.4) is 0 Å². The lowest BCUT2D eigenvalue weighted by atomic mass is 9.93. The van der Waals surface area contributed by atoms with Crippen molar-refractivity contribution in [3.8, 4) is 0 Å². The van der Waals surface area contributed by atoms with E-state index in [1.54, 1.807) is 42.6 Å². The second-order valence-corrected chi connectivity index (χ2v) is 10.5. The molecule has 0 spiro atoms. The lowest BCUT2D eigenvalue weighted by molar-refractivity contribution is -0.123. The summed E-state index contributed by atoms with van der Waals surface area (Å²) < 4.78 is 27.4. The molecule has 31 heavy (non-hydrogen) atoms. The first-order valence-electron chi connectivity index (χ1n) is 9.04. The second kappa shape index (κ2) is 8.23. The Kier molecular flexibility index (Phi) is 5.78. The molecule has 2 aromatic carbocycles. The Hall–Kier alpha value is -2.46. The minimum atomic E-state index is -3.76. The Morgan fingerprint density at radius 2 is 1.87 bits per heavy atom. The van der Waals surface area contributed by atoms with Gasteiger partial charge in [0.25, 0.3) is 15.9 Å². The van der Waals surface area contributed by atoms with Crippen LogP contribution < -0.4 is 10.0 Å². The maximum Gasteiger partial charge on any atom is 0.263 e. The fourth-order valence-electron chi connectivity index (χ4n) is 3.11. The number of nitrogens with one attached hydrogen (secondary N) is 2. The molecule has 1 amide bonds. The standard InChI is InChI=1S/C20H16Cl2N4O3S2/c1-20(11-12-2-7-15(21)16(22)10-12)18(27)24-17(25-20)13-3-5-14(6-4-13)31(28,29)26-19-23-8-9-30-19/h2-10H,11H2,1H3,(H,23,26)(H,24,25,27). The lowest BCUT2D eigenvalue weighted by Gasteiger charge is -2.17. The Morgan fingerprint density at radius 1 is 1.13 bits per heavy atom. The molecule has 0 fully saturated rings. The van der Waals surface area contributed by atoms with Crippen LogP contribution in [0.25, 0.3) is 0 Å². The molecule has 1 atom stereocenters. The van der Waals surface area contributed by atoms with Gasteiger partial charge >= 0.3 is 0 Å². The highest BCUT2D eigenvalue weighted by Gasteiger charge is 2.39. The van der Waals surface area contributed by atoms with Crippen LogP contribution in [0.2, 0.25) is 10.0 Å². The van der Waals surface area contributed by atoms with Crippen LogP contribution in [0, 0.1) is 0 Å². The number of sulfonamides is 1. The van der Waals surface area contributed by atoms with Crippen LogP contribution in [0.5, 0.6) is 0 Å². The summed E-state index contributed by atoms with van der Waals surface area (Å²) in [7, 11) is -3.76. The molecule has 0 saturated heterocycles. The zero-order chi connectivity index (χ0) is 22.2. The summed E-state index contributed by atoms with van der Waals surface area (Å²) in [6.45, 7) is 1.73. The number of nitrogens with zero attached hydrogens (tertiary/aromatic N) is 2.